The zero-order valence-corrected chi connectivity index (χ0v) is 36.2. The molecule has 1 spiro atoms. The number of aliphatic hydroxyl groups excluding tert-OH is 1. The number of fused-ring (bicyclic) bond motifs is 2. The van der Waals surface area contributed by atoms with Crippen molar-refractivity contribution in [2.24, 2.45) is 52.3 Å². The van der Waals surface area contributed by atoms with Crippen molar-refractivity contribution in [3.05, 3.63) is 81.2 Å². The highest BCUT2D eigenvalue weighted by Gasteiger charge is 2.70. The number of esters is 2. The molecule has 12 rings (SSSR count). The molecule has 1 saturated heterocycles. The van der Waals surface area contributed by atoms with Gasteiger partial charge < -0.3 is 25.2 Å². The highest BCUT2D eigenvalue weighted by Crippen LogP contribution is 2.73. The summed E-state index contributed by atoms with van der Waals surface area (Å²) >= 11 is 0. The largest absolute Gasteiger partial charge is 0.427 e. The zero-order chi connectivity index (χ0) is 40.9. The molecule has 318 valence electrons. The standard InChI is InChI=1S/C48H57N3O7S2/c1-2-47(18-6-7-19-47)33-12-10-28-22-31-30-16-20-48(41(31)40-38(28)43(33)58-44(40)54)34-13-11-29(26-8-4-3-5-9-26)46(56)60-59-25-50-35-23-27(17-21-49-35)32(39(30)42(48)45(55)57-34)24-51-36(52)14-15-37(51)53/h13-15,17,23,26,28-32,41,46,49-50,56H,2-12,16,18-22,24-25H2,1H3/b34-13-/t28-,29-,30-,31-,32+,41+,46-,48-/m0/s1. The first-order valence-electron chi connectivity index (χ1n) is 23.0. The first kappa shape index (κ1) is 39.4. The summed E-state index contributed by atoms with van der Waals surface area (Å²) in [5.74, 6) is 1.33. The van der Waals surface area contributed by atoms with Crippen LogP contribution >= 0.6 is 21.6 Å². The van der Waals surface area contributed by atoms with E-state index in [-0.39, 0.29) is 65.3 Å². The lowest BCUT2D eigenvalue weighted by molar-refractivity contribution is -0.138. The van der Waals surface area contributed by atoms with Gasteiger partial charge in [0.1, 0.15) is 17.0 Å². The van der Waals surface area contributed by atoms with Gasteiger partial charge in [-0.25, -0.2) is 9.59 Å². The number of carbonyl (C=O) groups is 4. The minimum atomic E-state index is -0.907. The van der Waals surface area contributed by atoms with Gasteiger partial charge in [0, 0.05) is 54.1 Å². The fourth-order valence-electron chi connectivity index (χ4n) is 14.5. The van der Waals surface area contributed by atoms with Crippen molar-refractivity contribution in [3.63, 3.8) is 0 Å². The zero-order valence-electron chi connectivity index (χ0n) is 34.6. The van der Waals surface area contributed by atoms with Crippen LogP contribution in [0.1, 0.15) is 110 Å². The van der Waals surface area contributed by atoms with Crippen LogP contribution < -0.4 is 10.6 Å². The van der Waals surface area contributed by atoms with Gasteiger partial charge in [-0.3, -0.25) is 14.5 Å². The van der Waals surface area contributed by atoms with E-state index >= 15 is 4.79 Å². The highest BCUT2D eigenvalue weighted by molar-refractivity contribution is 8.76. The Morgan fingerprint density at radius 2 is 1.68 bits per heavy atom. The molecule has 0 unspecified atom stereocenters. The normalized spacial score (nSPS) is 38.2. The van der Waals surface area contributed by atoms with Crippen molar-refractivity contribution in [1.29, 1.82) is 0 Å². The summed E-state index contributed by atoms with van der Waals surface area (Å²) in [5, 5.41) is 18.9. The number of carbonyl (C=O) groups excluding carboxylic acids is 4. The number of aliphatic hydroxyl groups is 1. The Balaban J connectivity index is 1.13. The highest BCUT2D eigenvalue weighted by atomic mass is 33.1. The number of imide groups is 1. The number of nitrogens with zero attached hydrogens (tertiary/aromatic N) is 1. The van der Waals surface area contributed by atoms with E-state index in [2.05, 4.69) is 35.8 Å². The summed E-state index contributed by atoms with van der Waals surface area (Å²) in [7, 11) is 3.10. The van der Waals surface area contributed by atoms with Crippen LogP contribution in [0.4, 0.5) is 0 Å². The molecule has 2 amide bonds. The van der Waals surface area contributed by atoms with E-state index in [0.29, 0.717) is 42.5 Å². The quantitative estimate of drug-likeness (QED) is 0.141. The van der Waals surface area contributed by atoms with Crippen molar-refractivity contribution in [1.82, 2.24) is 15.5 Å². The first-order chi connectivity index (χ1) is 29.2. The second kappa shape index (κ2) is 15.1. The molecule has 0 aromatic carbocycles. The van der Waals surface area contributed by atoms with Gasteiger partial charge in [-0.15, -0.1) is 0 Å². The molecule has 5 aliphatic heterocycles. The fourth-order valence-corrected chi connectivity index (χ4v) is 16.6. The SMILES string of the molecule is CCC1(C2=C3OC(=O)C4=C3[C@@H](CC2)C[C@H]2[C@@H]3CC[C@@]5(C6=C3[C@H](CN3C(=O)C=CC3=O)C3=CCNC(=C3)NCSS[C@H](O)[C@H](C3CCCCC3)C/C=C/5OC6=O)[C@@H]42)CCCC1. The summed E-state index contributed by atoms with van der Waals surface area (Å²) in [4.78, 5) is 57.9. The average molecular weight is 852 g/mol. The van der Waals surface area contributed by atoms with Gasteiger partial charge in [0.15, 0.2) is 0 Å². The van der Waals surface area contributed by atoms with E-state index in [1.165, 1.54) is 52.7 Å². The van der Waals surface area contributed by atoms with Gasteiger partial charge in [-0.1, -0.05) is 79.5 Å². The molecule has 7 bridgehead atoms. The molecule has 10 nitrogen and oxygen atoms in total. The number of hydrogen-bond acceptors (Lipinski definition) is 11. The Bertz CT molecular complexity index is 2130. The van der Waals surface area contributed by atoms with Crippen LogP contribution in [0.15, 0.2) is 81.2 Å². The lowest BCUT2D eigenvalue weighted by Gasteiger charge is -2.58. The Morgan fingerprint density at radius 1 is 0.883 bits per heavy atom. The van der Waals surface area contributed by atoms with Crippen molar-refractivity contribution in [2.45, 2.75) is 115 Å². The van der Waals surface area contributed by atoms with Crippen molar-refractivity contribution < 1.29 is 33.8 Å². The van der Waals surface area contributed by atoms with Gasteiger partial charge in [-0.05, 0) is 116 Å². The van der Waals surface area contributed by atoms with Gasteiger partial charge in [-0.2, -0.15) is 0 Å². The minimum Gasteiger partial charge on any atom is -0.427 e. The molecule has 7 aliphatic carbocycles. The van der Waals surface area contributed by atoms with Gasteiger partial charge >= 0.3 is 11.9 Å². The summed E-state index contributed by atoms with van der Waals surface area (Å²) in [6.07, 6.45) is 25.2. The topological polar surface area (TPSA) is 134 Å². The average Bonchev–Trinajstić information content (AvgIpc) is 4.04. The number of rotatable bonds is 5. The van der Waals surface area contributed by atoms with E-state index in [0.717, 1.165) is 105 Å². The molecular formula is C48H57N3O7S2. The molecule has 4 fully saturated rings. The number of nitrogens with one attached hydrogen (secondary N) is 2. The Hall–Kier alpha value is -3.48. The Labute approximate surface area is 360 Å². The van der Waals surface area contributed by atoms with E-state index in [1.54, 1.807) is 10.8 Å². The number of amides is 2. The van der Waals surface area contributed by atoms with Crippen LogP contribution in [0.2, 0.25) is 0 Å². The second-order valence-electron chi connectivity index (χ2n) is 19.4. The third kappa shape index (κ3) is 5.91. The summed E-state index contributed by atoms with van der Waals surface area (Å²) in [6, 6.07) is 0. The molecule has 0 aromatic heterocycles. The smallest absolute Gasteiger partial charge is 0.340 e. The molecule has 5 heterocycles. The van der Waals surface area contributed by atoms with Crippen LogP contribution in [0, 0.1) is 52.3 Å². The van der Waals surface area contributed by atoms with Crippen molar-refractivity contribution in [2.75, 3.05) is 19.0 Å². The fraction of sp³-hybridized carbons (Fsp3) is 0.625. The molecule has 12 aliphatic rings. The Kier molecular flexibility index (Phi) is 9.91. The number of allylic oxidation sites excluding steroid dienone is 5. The van der Waals surface area contributed by atoms with Gasteiger partial charge in [0.05, 0.1) is 22.7 Å². The summed E-state index contributed by atoms with van der Waals surface area (Å²) in [6.45, 7) is 2.95. The third-order valence-electron chi connectivity index (χ3n) is 17.1. The molecule has 12 heteroatoms. The number of hydrogen-bond donors (Lipinski definition) is 3. The van der Waals surface area contributed by atoms with Gasteiger partial charge in [0.2, 0.25) is 0 Å². The van der Waals surface area contributed by atoms with Crippen LogP contribution in [0.25, 0.3) is 0 Å². The molecule has 8 atom stereocenters. The van der Waals surface area contributed by atoms with Crippen LogP contribution in [-0.4, -0.2) is 58.2 Å². The lowest BCUT2D eigenvalue weighted by atomic mass is 9.42. The summed E-state index contributed by atoms with van der Waals surface area (Å²) < 4.78 is 13.2. The minimum absolute atomic E-state index is 0.0307. The predicted octanol–water partition coefficient (Wildman–Crippen LogP) is 8.02. The number of dihydropyridines is 1. The molecule has 0 aromatic rings. The maximum absolute atomic E-state index is 15.0. The van der Waals surface area contributed by atoms with E-state index in [1.807, 2.05) is 0 Å². The van der Waals surface area contributed by atoms with Crippen molar-refractivity contribution in [3.8, 4) is 0 Å². The number of ether oxygens (including phenoxy) is 2. The lowest BCUT2D eigenvalue weighted by Crippen LogP contribution is -2.55. The van der Waals surface area contributed by atoms with Gasteiger partial charge in [0.25, 0.3) is 11.8 Å². The van der Waals surface area contributed by atoms with Crippen LogP contribution in [0.3, 0.4) is 0 Å². The molecular weight excluding hydrogens is 795 g/mol. The van der Waals surface area contributed by atoms with E-state index < -0.39 is 16.8 Å². The predicted molar refractivity (Wildman–Crippen MR) is 229 cm³/mol. The summed E-state index contributed by atoms with van der Waals surface area (Å²) in [5.41, 5.74) is 4.35. The maximum atomic E-state index is 15.0. The second-order valence-corrected chi connectivity index (χ2v) is 21.9. The molecule has 60 heavy (non-hydrogen) atoms. The molecule has 0 radical (unpaired) electrons. The Morgan fingerprint density at radius 3 is 2.47 bits per heavy atom. The third-order valence-corrected chi connectivity index (χ3v) is 19.4. The maximum Gasteiger partial charge on any atom is 0.340 e. The van der Waals surface area contributed by atoms with Crippen molar-refractivity contribution >= 4 is 45.3 Å². The van der Waals surface area contributed by atoms with E-state index in [4.69, 9.17) is 9.47 Å². The monoisotopic (exact) mass is 851 g/mol. The van der Waals surface area contributed by atoms with E-state index in [9.17, 15) is 19.5 Å². The van der Waals surface area contributed by atoms with Crippen LogP contribution in [-0.2, 0) is 28.7 Å². The molecule has 3 N–H and O–H groups in total. The van der Waals surface area contributed by atoms with Crippen LogP contribution in [0.5, 0.6) is 0 Å². The first-order valence-corrected chi connectivity index (χ1v) is 25.4. The molecule has 3 saturated carbocycles.